The number of nitrogens with zero attached hydrogens (tertiary/aromatic N) is 2. The van der Waals surface area contributed by atoms with E-state index in [9.17, 15) is 14.4 Å². The molecule has 2 aliphatic rings. The van der Waals surface area contributed by atoms with Gasteiger partial charge in [-0.15, -0.1) is 0 Å². The maximum atomic E-state index is 12.5. The Bertz CT molecular complexity index is 838. The van der Waals surface area contributed by atoms with E-state index in [4.69, 9.17) is 4.84 Å². The summed E-state index contributed by atoms with van der Waals surface area (Å²) in [6.45, 7) is 2.40. The normalized spacial score (nSPS) is 17.9. The third-order valence-electron chi connectivity index (χ3n) is 5.11. The van der Waals surface area contributed by atoms with Crippen LogP contribution in [-0.4, -0.2) is 40.8 Å². The molecule has 0 spiro atoms. The second kappa shape index (κ2) is 7.32. The summed E-state index contributed by atoms with van der Waals surface area (Å²) in [6, 6.07) is 16.7. The van der Waals surface area contributed by atoms with Gasteiger partial charge in [0.1, 0.15) is 0 Å². The molecule has 0 atom stereocenters. The highest BCUT2D eigenvalue weighted by atomic mass is 16.7. The van der Waals surface area contributed by atoms with Crippen molar-refractivity contribution in [2.75, 3.05) is 13.1 Å². The lowest BCUT2D eigenvalue weighted by Crippen LogP contribution is -2.40. The van der Waals surface area contributed by atoms with Gasteiger partial charge in [-0.25, -0.2) is 4.79 Å². The number of carbonyl (C=O) groups is 3. The molecule has 6 heteroatoms. The maximum absolute atomic E-state index is 12.5. The second-order valence-corrected chi connectivity index (χ2v) is 6.90. The van der Waals surface area contributed by atoms with Gasteiger partial charge in [0.25, 0.3) is 11.8 Å². The summed E-state index contributed by atoms with van der Waals surface area (Å²) in [7, 11) is 0. The highest BCUT2D eigenvalue weighted by Gasteiger charge is 2.40. The molecular formula is C21H20N2O4. The van der Waals surface area contributed by atoms with Gasteiger partial charge in [-0.1, -0.05) is 47.5 Å². The molecule has 0 aromatic heterocycles. The van der Waals surface area contributed by atoms with Crippen LogP contribution in [0.2, 0.25) is 0 Å². The highest BCUT2D eigenvalue weighted by molar-refractivity contribution is 6.20. The zero-order chi connectivity index (χ0) is 18.8. The third-order valence-corrected chi connectivity index (χ3v) is 5.11. The average molecular weight is 364 g/mol. The number of amides is 2. The van der Waals surface area contributed by atoms with Crippen LogP contribution in [0.5, 0.6) is 0 Å². The molecule has 2 aromatic rings. The quantitative estimate of drug-likeness (QED) is 0.781. The smallest absolute Gasteiger partial charge is 0.329 e. The molecule has 2 heterocycles. The number of benzene rings is 2. The molecule has 1 fully saturated rings. The molecule has 4 rings (SSSR count). The Hall–Kier alpha value is -2.99. The molecule has 138 valence electrons. The fourth-order valence-corrected chi connectivity index (χ4v) is 3.58. The van der Waals surface area contributed by atoms with Gasteiger partial charge in [0.05, 0.1) is 17.0 Å². The summed E-state index contributed by atoms with van der Waals surface area (Å²) in [5.41, 5.74) is 1.78. The topological polar surface area (TPSA) is 66.9 Å². The summed E-state index contributed by atoms with van der Waals surface area (Å²) in [6.07, 6.45) is 1.30. The van der Waals surface area contributed by atoms with Crippen LogP contribution in [0.25, 0.3) is 0 Å². The Morgan fingerprint density at radius 1 is 0.889 bits per heavy atom. The molecule has 0 radical (unpaired) electrons. The number of carbonyl (C=O) groups excluding carboxylic acids is 3. The Morgan fingerprint density at radius 3 is 2.04 bits per heavy atom. The van der Waals surface area contributed by atoms with Gasteiger partial charge in [-0.2, -0.15) is 0 Å². The van der Waals surface area contributed by atoms with Crippen LogP contribution in [0.1, 0.15) is 39.1 Å². The molecule has 2 amide bonds. The Labute approximate surface area is 157 Å². The first-order valence-electron chi connectivity index (χ1n) is 9.09. The number of rotatable bonds is 4. The lowest BCUT2D eigenvalue weighted by atomic mass is 9.97. The van der Waals surface area contributed by atoms with Gasteiger partial charge in [0.2, 0.25) is 0 Å². The van der Waals surface area contributed by atoms with E-state index < -0.39 is 17.8 Å². The molecule has 0 unspecified atom stereocenters. The van der Waals surface area contributed by atoms with Crippen LogP contribution < -0.4 is 0 Å². The van der Waals surface area contributed by atoms with Crippen molar-refractivity contribution in [2.24, 2.45) is 5.92 Å². The molecule has 2 aromatic carbocycles. The first-order chi connectivity index (χ1) is 13.1. The zero-order valence-electron chi connectivity index (χ0n) is 14.8. The SMILES string of the molecule is O=C(ON1C(=O)c2ccccc2C1=O)C1CCN(Cc2ccccc2)CC1. The first kappa shape index (κ1) is 17.4. The number of fused-ring (bicyclic) bond motifs is 1. The van der Waals surface area contributed by atoms with E-state index in [0.29, 0.717) is 17.9 Å². The van der Waals surface area contributed by atoms with Crippen LogP contribution in [-0.2, 0) is 16.2 Å². The van der Waals surface area contributed by atoms with E-state index in [1.54, 1.807) is 24.3 Å². The third kappa shape index (κ3) is 3.48. The van der Waals surface area contributed by atoms with Crippen molar-refractivity contribution in [3.8, 4) is 0 Å². The zero-order valence-corrected chi connectivity index (χ0v) is 14.8. The van der Waals surface area contributed by atoms with Crippen LogP contribution in [0, 0.1) is 5.92 Å². The van der Waals surface area contributed by atoms with Crippen molar-refractivity contribution >= 4 is 17.8 Å². The molecule has 1 saturated heterocycles. The number of hydrogen-bond acceptors (Lipinski definition) is 5. The minimum atomic E-state index is -0.578. The Balaban J connectivity index is 1.33. The first-order valence-corrected chi connectivity index (χ1v) is 9.09. The fraction of sp³-hybridized carbons (Fsp3) is 0.286. The predicted octanol–water partition coefficient (Wildman–Crippen LogP) is 2.65. The molecule has 6 nitrogen and oxygen atoms in total. The van der Waals surface area contributed by atoms with Crippen molar-refractivity contribution in [1.82, 2.24) is 9.96 Å². The van der Waals surface area contributed by atoms with E-state index in [-0.39, 0.29) is 17.0 Å². The minimum Gasteiger partial charge on any atom is -0.329 e. The number of imide groups is 1. The Morgan fingerprint density at radius 2 is 1.44 bits per heavy atom. The number of piperidine rings is 1. The van der Waals surface area contributed by atoms with Gasteiger partial charge in [-0.3, -0.25) is 14.5 Å². The monoisotopic (exact) mass is 364 g/mol. The van der Waals surface area contributed by atoms with Crippen LogP contribution in [0.4, 0.5) is 0 Å². The molecule has 0 saturated carbocycles. The van der Waals surface area contributed by atoms with Crippen molar-refractivity contribution in [1.29, 1.82) is 0 Å². The van der Waals surface area contributed by atoms with Gasteiger partial charge in [0.15, 0.2) is 0 Å². The highest BCUT2D eigenvalue weighted by Crippen LogP contribution is 2.25. The summed E-state index contributed by atoms with van der Waals surface area (Å²) in [4.78, 5) is 44.6. The number of hydrogen-bond donors (Lipinski definition) is 0. The summed E-state index contributed by atoms with van der Waals surface area (Å²) in [5.74, 6) is -1.97. The van der Waals surface area contributed by atoms with Crippen molar-refractivity contribution in [3.05, 3.63) is 71.3 Å². The van der Waals surface area contributed by atoms with Crippen molar-refractivity contribution in [3.63, 3.8) is 0 Å². The molecule has 0 N–H and O–H groups in total. The Kier molecular flexibility index (Phi) is 4.73. The molecule has 2 aliphatic heterocycles. The second-order valence-electron chi connectivity index (χ2n) is 6.90. The minimum absolute atomic E-state index is 0.271. The predicted molar refractivity (Wildman–Crippen MR) is 97.5 cm³/mol. The van der Waals surface area contributed by atoms with Crippen molar-refractivity contribution in [2.45, 2.75) is 19.4 Å². The van der Waals surface area contributed by atoms with Crippen LogP contribution >= 0.6 is 0 Å². The lowest BCUT2D eigenvalue weighted by molar-refractivity contribution is -0.175. The van der Waals surface area contributed by atoms with Gasteiger partial charge >= 0.3 is 5.97 Å². The maximum Gasteiger partial charge on any atom is 0.336 e. The van der Waals surface area contributed by atoms with E-state index in [1.165, 1.54) is 5.56 Å². The molecule has 0 aliphatic carbocycles. The van der Waals surface area contributed by atoms with Gasteiger partial charge in [-0.05, 0) is 43.6 Å². The van der Waals surface area contributed by atoms with Crippen LogP contribution in [0.15, 0.2) is 54.6 Å². The number of hydroxylamine groups is 2. The molecule has 0 bridgehead atoms. The fourth-order valence-electron chi connectivity index (χ4n) is 3.58. The molecule has 27 heavy (non-hydrogen) atoms. The van der Waals surface area contributed by atoms with Crippen molar-refractivity contribution < 1.29 is 19.2 Å². The summed E-state index contributed by atoms with van der Waals surface area (Å²) in [5, 5.41) is 0.601. The van der Waals surface area contributed by atoms with Gasteiger partial charge in [0, 0.05) is 6.54 Å². The lowest BCUT2D eigenvalue weighted by Gasteiger charge is -2.31. The van der Waals surface area contributed by atoms with Crippen LogP contribution in [0.3, 0.4) is 0 Å². The average Bonchev–Trinajstić information content (AvgIpc) is 2.94. The van der Waals surface area contributed by atoms with E-state index >= 15 is 0 Å². The summed E-state index contributed by atoms with van der Waals surface area (Å²) >= 11 is 0. The molecular weight excluding hydrogens is 344 g/mol. The number of likely N-dealkylation sites (tertiary alicyclic amines) is 1. The van der Waals surface area contributed by atoms with E-state index in [0.717, 1.165) is 19.6 Å². The van der Waals surface area contributed by atoms with E-state index in [1.807, 2.05) is 18.2 Å². The van der Waals surface area contributed by atoms with Gasteiger partial charge < -0.3 is 4.84 Å². The standard InChI is InChI=1S/C21H20N2O4/c24-19-17-8-4-5-9-18(17)20(25)23(19)27-21(26)16-10-12-22(13-11-16)14-15-6-2-1-3-7-15/h1-9,16H,10-14H2. The van der Waals surface area contributed by atoms with E-state index in [2.05, 4.69) is 17.0 Å². The largest absolute Gasteiger partial charge is 0.336 e. The summed E-state index contributed by atoms with van der Waals surface area (Å²) < 4.78 is 0.